The Bertz CT molecular complexity index is 2970. The number of anilines is 6. The predicted octanol–water partition coefficient (Wildman–Crippen LogP) is 18.8. The van der Waals surface area contributed by atoms with E-state index in [9.17, 15) is 0 Å². The average Bonchev–Trinajstić information content (AvgIpc) is 4.17. The summed E-state index contributed by atoms with van der Waals surface area (Å²) in [5.41, 5.74) is 14.2. The van der Waals surface area contributed by atoms with Crippen molar-refractivity contribution < 1.29 is 0 Å². The molecule has 0 unspecified atom stereocenters. The van der Waals surface area contributed by atoms with Gasteiger partial charge in [0.2, 0.25) is 0 Å². The lowest BCUT2D eigenvalue weighted by Gasteiger charge is -2.25. The minimum absolute atomic E-state index is 1.12. The van der Waals surface area contributed by atoms with Gasteiger partial charge in [0.05, 0.1) is 9.75 Å². The van der Waals surface area contributed by atoms with Gasteiger partial charge in [-0.3, -0.25) is 0 Å². The fourth-order valence-electron chi connectivity index (χ4n) is 8.52. The highest BCUT2D eigenvalue weighted by Gasteiger charge is 2.25. The maximum absolute atomic E-state index is 2.32. The number of rotatable bonds is 12. The molecule has 0 amide bonds. The molecule has 310 valence electrons. The van der Waals surface area contributed by atoms with Crippen molar-refractivity contribution in [2.75, 3.05) is 9.80 Å². The second-order valence-corrected chi connectivity index (χ2v) is 18.9. The molecule has 0 N–H and O–H groups in total. The van der Waals surface area contributed by atoms with Crippen molar-refractivity contribution in [1.82, 2.24) is 0 Å². The SMILES string of the molecule is c1ccc(-c2c(-c3ccc(-c4ccc(N(c5ccccc5)c5ccccc5)cc4)s3)sc(-c3ccc(-c4ccc(N(c5ccccc5)c5ccccc5)cc4)s3)c2-c2ccccc2)cc1. The average molecular weight is 887 g/mol. The Morgan fingerprint density at radius 1 is 0.200 bits per heavy atom. The molecule has 0 aliphatic rings. The third kappa shape index (κ3) is 8.25. The lowest BCUT2D eigenvalue weighted by Crippen LogP contribution is -2.09. The van der Waals surface area contributed by atoms with E-state index >= 15 is 0 Å². The van der Waals surface area contributed by atoms with Crippen LogP contribution in [-0.4, -0.2) is 0 Å². The van der Waals surface area contributed by atoms with Crippen LogP contribution in [0.2, 0.25) is 0 Å². The minimum atomic E-state index is 1.12. The van der Waals surface area contributed by atoms with Crippen molar-refractivity contribution in [3.63, 3.8) is 0 Å². The maximum Gasteiger partial charge on any atom is 0.0534 e. The summed E-state index contributed by atoms with van der Waals surface area (Å²) in [6.07, 6.45) is 0. The van der Waals surface area contributed by atoms with Gasteiger partial charge in [-0.25, -0.2) is 0 Å². The van der Waals surface area contributed by atoms with Gasteiger partial charge in [0.1, 0.15) is 0 Å². The maximum atomic E-state index is 2.32. The Morgan fingerprint density at radius 3 is 0.769 bits per heavy atom. The zero-order chi connectivity index (χ0) is 43.4. The van der Waals surface area contributed by atoms with Crippen LogP contribution in [-0.2, 0) is 0 Å². The zero-order valence-corrected chi connectivity index (χ0v) is 37.8. The Balaban J connectivity index is 0.967. The summed E-state index contributed by atoms with van der Waals surface area (Å²) in [7, 11) is 0. The molecule has 3 heterocycles. The van der Waals surface area contributed by atoms with Crippen molar-refractivity contribution in [3.8, 4) is 62.6 Å². The number of benzene rings is 8. The summed E-state index contributed by atoms with van der Waals surface area (Å²) in [6, 6.07) is 91.5. The standard InChI is InChI=1S/C60H42N2S3/c1-7-19-45(20-8-1)57-58(46-21-9-2-10-22-46)60(56-42-40-54(64-56)44-33-37-52(38-34-44)62(49-27-15-5-16-28-49)50-29-17-6-18-30-50)65-59(57)55-41-39-53(63-55)43-31-35-51(36-32-43)61(47-23-11-3-12-24-47)48-25-13-4-14-26-48/h1-42H. The van der Waals surface area contributed by atoms with Crippen LogP contribution >= 0.6 is 34.0 Å². The van der Waals surface area contributed by atoms with E-state index in [2.05, 4.69) is 265 Å². The lowest BCUT2D eigenvalue weighted by molar-refractivity contribution is 1.28. The Morgan fingerprint density at radius 2 is 0.462 bits per heavy atom. The quantitative estimate of drug-likeness (QED) is 0.121. The molecular formula is C60H42N2S3. The molecular weight excluding hydrogens is 845 g/mol. The van der Waals surface area contributed by atoms with Crippen molar-refractivity contribution in [2.24, 2.45) is 0 Å². The predicted molar refractivity (Wildman–Crippen MR) is 282 cm³/mol. The van der Waals surface area contributed by atoms with Crippen molar-refractivity contribution in [2.45, 2.75) is 0 Å². The number of para-hydroxylation sites is 4. The second kappa shape index (κ2) is 18.3. The van der Waals surface area contributed by atoms with Gasteiger partial charge in [-0.1, -0.05) is 158 Å². The van der Waals surface area contributed by atoms with E-state index in [4.69, 9.17) is 0 Å². The Labute approximate surface area is 392 Å². The highest BCUT2D eigenvalue weighted by atomic mass is 32.1. The van der Waals surface area contributed by atoms with Gasteiger partial charge >= 0.3 is 0 Å². The number of nitrogens with zero attached hydrogens (tertiary/aromatic N) is 2. The molecule has 0 atom stereocenters. The molecule has 11 aromatic rings. The van der Waals surface area contributed by atoms with Gasteiger partial charge in [-0.15, -0.1) is 34.0 Å². The Kier molecular flexibility index (Phi) is 11.3. The lowest BCUT2D eigenvalue weighted by atomic mass is 9.94. The molecule has 65 heavy (non-hydrogen) atoms. The van der Waals surface area contributed by atoms with Crippen LogP contribution in [0.15, 0.2) is 255 Å². The van der Waals surface area contributed by atoms with E-state index in [0.717, 1.165) is 34.1 Å². The number of thiophene rings is 3. The molecule has 0 fully saturated rings. The summed E-state index contributed by atoms with van der Waals surface area (Å²) in [5.74, 6) is 0. The third-order valence-corrected chi connectivity index (χ3v) is 15.4. The summed E-state index contributed by atoms with van der Waals surface area (Å²) >= 11 is 5.64. The van der Waals surface area contributed by atoms with Crippen LogP contribution in [0.5, 0.6) is 0 Å². The van der Waals surface area contributed by atoms with Gasteiger partial charge in [-0.2, -0.15) is 0 Å². The molecule has 5 heteroatoms. The first-order valence-corrected chi connectivity index (χ1v) is 24.2. The van der Waals surface area contributed by atoms with Crippen LogP contribution in [0.3, 0.4) is 0 Å². The largest absolute Gasteiger partial charge is 0.311 e. The highest BCUT2D eigenvalue weighted by molar-refractivity contribution is 7.28. The van der Waals surface area contributed by atoms with Crippen LogP contribution < -0.4 is 9.80 Å². The molecule has 8 aromatic carbocycles. The monoisotopic (exact) mass is 886 g/mol. The molecule has 0 saturated carbocycles. The van der Waals surface area contributed by atoms with E-state index in [0.29, 0.717) is 0 Å². The number of hydrogen-bond donors (Lipinski definition) is 0. The van der Waals surface area contributed by atoms with Crippen LogP contribution in [0.4, 0.5) is 34.1 Å². The minimum Gasteiger partial charge on any atom is -0.311 e. The van der Waals surface area contributed by atoms with Crippen molar-refractivity contribution in [1.29, 1.82) is 0 Å². The smallest absolute Gasteiger partial charge is 0.0534 e. The summed E-state index contributed by atoms with van der Waals surface area (Å²) in [5, 5.41) is 0. The van der Waals surface area contributed by atoms with Gasteiger partial charge < -0.3 is 9.80 Å². The summed E-state index contributed by atoms with van der Waals surface area (Å²) in [4.78, 5) is 12.2. The van der Waals surface area contributed by atoms with E-state index in [1.807, 2.05) is 34.0 Å². The van der Waals surface area contributed by atoms with Crippen LogP contribution in [0, 0.1) is 0 Å². The zero-order valence-electron chi connectivity index (χ0n) is 35.4. The fraction of sp³-hybridized carbons (Fsp3) is 0. The number of hydrogen-bond acceptors (Lipinski definition) is 5. The molecule has 0 saturated heterocycles. The second-order valence-electron chi connectivity index (χ2n) is 15.7. The molecule has 0 spiro atoms. The highest BCUT2D eigenvalue weighted by Crippen LogP contribution is 2.55. The molecule has 0 aliphatic carbocycles. The van der Waals surface area contributed by atoms with Crippen LogP contribution in [0.1, 0.15) is 0 Å². The van der Waals surface area contributed by atoms with E-state index < -0.39 is 0 Å². The van der Waals surface area contributed by atoms with Crippen LogP contribution in [0.25, 0.3) is 62.6 Å². The summed E-state index contributed by atoms with van der Waals surface area (Å²) < 4.78 is 0. The van der Waals surface area contributed by atoms with Gasteiger partial charge in [0, 0.05) is 64.8 Å². The summed E-state index contributed by atoms with van der Waals surface area (Å²) in [6.45, 7) is 0. The molecule has 0 radical (unpaired) electrons. The molecule has 0 bridgehead atoms. The first kappa shape index (κ1) is 40.2. The van der Waals surface area contributed by atoms with E-state index in [-0.39, 0.29) is 0 Å². The molecule has 2 nitrogen and oxygen atoms in total. The van der Waals surface area contributed by atoms with Gasteiger partial charge in [-0.05, 0) is 119 Å². The molecule has 0 aliphatic heterocycles. The molecule has 3 aromatic heterocycles. The van der Waals surface area contributed by atoms with E-state index in [1.165, 1.54) is 62.6 Å². The third-order valence-electron chi connectivity index (χ3n) is 11.6. The Hall–Kier alpha value is -7.54. The first-order valence-electron chi connectivity index (χ1n) is 21.7. The van der Waals surface area contributed by atoms with Gasteiger partial charge in [0.15, 0.2) is 0 Å². The topological polar surface area (TPSA) is 6.48 Å². The van der Waals surface area contributed by atoms with Gasteiger partial charge in [0.25, 0.3) is 0 Å². The molecule has 11 rings (SSSR count). The van der Waals surface area contributed by atoms with E-state index in [1.54, 1.807) is 0 Å². The van der Waals surface area contributed by atoms with Crippen molar-refractivity contribution in [3.05, 3.63) is 255 Å². The normalized spacial score (nSPS) is 11.1. The fourth-order valence-corrected chi connectivity index (χ4v) is 12.1. The van der Waals surface area contributed by atoms with Crippen molar-refractivity contribution >= 4 is 68.1 Å². The first-order chi connectivity index (χ1) is 32.2.